The smallest absolute Gasteiger partial charge is 0.407 e. The minimum atomic E-state index is -0.898. The van der Waals surface area contributed by atoms with Crippen LogP contribution in [0.5, 0.6) is 0 Å². The fraction of sp³-hybridized carbons (Fsp3) is 0.732. The van der Waals surface area contributed by atoms with Gasteiger partial charge in [-0.15, -0.1) is 0 Å². The Hall–Kier alpha value is -4.56. The number of ether oxygens (including phenoxy) is 9. The number of nitrogens with one attached hydrogen (secondary N) is 3. The molecular formula is C41H68N6O14. The van der Waals surface area contributed by atoms with Gasteiger partial charge < -0.3 is 58.6 Å². The maximum Gasteiger partial charge on any atom is 0.407 e. The van der Waals surface area contributed by atoms with Gasteiger partial charge in [0.2, 0.25) is 5.91 Å². The molecule has 3 N–H and O–H groups in total. The van der Waals surface area contributed by atoms with Crippen molar-refractivity contribution in [3.05, 3.63) is 46.3 Å². The van der Waals surface area contributed by atoms with Gasteiger partial charge in [-0.1, -0.05) is 41.9 Å². The molecule has 0 bridgehead atoms. The highest BCUT2D eigenvalue weighted by Gasteiger charge is 2.30. The number of ketones is 1. The van der Waals surface area contributed by atoms with Crippen LogP contribution in [0.4, 0.5) is 9.59 Å². The second-order valence-electron chi connectivity index (χ2n) is 15.6. The van der Waals surface area contributed by atoms with Gasteiger partial charge in [0, 0.05) is 37.4 Å². The summed E-state index contributed by atoms with van der Waals surface area (Å²) in [7, 11) is 0. The van der Waals surface area contributed by atoms with Gasteiger partial charge in [-0.3, -0.25) is 14.4 Å². The third-order valence-corrected chi connectivity index (χ3v) is 7.87. The molecule has 0 radical (unpaired) electrons. The molecule has 61 heavy (non-hydrogen) atoms. The Bertz CT molecular complexity index is 1430. The lowest BCUT2D eigenvalue weighted by molar-refractivity contribution is -0.192. The number of hydrogen-bond acceptors (Lipinski definition) is 15. The number of amides is 3. The largest absolute Gasteiger partial charge is 0.460 e. The van der Waals surface area contributed by atoms with E-state index in [1.54, 1.807) is 41.5 Å². The first-order chi connectivity index (χ1) is 29.1. The van der Waals surface area contributed by atoms with Crippen LogP contribution in [-0.4, -0.2) is 120 Å². The predicted molar refractivity (Wildman–Crippen MR) is 222 cm³/mol. The summed E-state index contributed by atoms with van der Waals surface area (Å²) in [6, 6.07) is 8.41. The van der Waals surface area contributed by atoms with E-state index in [1.165, 1.54) is 0 Å². The van der Waals surface area contributed by atoms with Gasteiger partial charge in [-0.05, 0) is 84.7 Å². The molecule has 0 saturated carbocycles. The minimum absolute atomic E-state index is 0.0226. The molecule has 1 aromatic carbocycles. The number of rotatable bonds is 34. The van der Waals surface area contributed by atoms with Crippen LogP contribution in [-0.2, 0) is 63.6 Å². The average molecular weight is 869 g/mol. The molecule has 0 aliphatic carbocycles. The summed E-state index contributed by atoms with van der Waals surface area (Å²) in [4.78, 5) is 67.0. The molecule has 1 rings (SSSR count). The topological polar surface area (TPSA) is 253 Å². The predicted octanol–water partition coefficient (Wildman–Crippen LogP) is 5.81. The molecule has 20 nitrogen and oxygen atoms in total. The first-order valence-corrected chi connectivity index (χ1v) is 20.5. The lowest BCUT2D eigenvalue weighted by Crippen LogP contribution is -2.43. The average Bonchev–Trinajstić information content (AvgIpc) is 3.19. The summed E-state index contributed by atoms with van der Waals surface area (Å²) in [6.07, 6.45) is 1.33. The van der Waals surface area contributed by atoms with Crippen LogP contribution in [0.2, 0.25) is 0 Å². The molecule has 0 saturated heterocycles. The maximum atomic E-state index is 13.8. The van der Waals surface area contributed by atoms with Gasteiger partial charge >= 0.3 is 18.2 Å². The van der Waals surface area contributed by atoms with Crippen molar-refractivity contribution in [1.82, 2.24) is 16.0 Å². The first-order valence-electron chi connectivity index (χ1n) is 20.5. The van der Waals surface area contributed by atoms with Crippen LogP contribution >= 0.6 is 0 Å². The van der Waals surface area contributed by atoms with E-state index in [2.05, 4.69) is 26.0 Å². The van der Waals surface area contributed by atoms with Crippen LogP contribution in [0.15, 0.2) is 35.4 Å². The molecule has 0 fully saturated rings. The number of Topliss-reactive ketones (excluding diaryl/α,β-unsaturated/α-hetero) is 1. The van der Waals surface area contributed by atoms with Gasteiger partial charge in [0.15, 0.2) is 19.4 Å². The summed E-state index contributed by atoms with van der Waals surface area (Å²) >= 11 is 0. The summed E-state index contributed by atoms with van der Waals surface area (Å²) in [6.45, 7) is 11.9. The Morgan fingerprint density at radius 1 is 0.689 bits per heavy atom. The fourth-order valence-corrected chi connectivity index (χ4v) is 5.10. The van der Waals surface area contributed by atoms with Gasteiger partial charge in [0.05, 0.1) is 38.4 Å². The quantitative estimate of drug-likeness (QED) is 0.0141. The van der Waals surface area contributed by atoms with Crippen molar-refractivity contribution in [3.63, 3.8) is 0 Å². The molecule has 0 aliphatic heterocycles. The van der Waals surface area contributed by atoms with E-state index in [-0.39, 0.29) is 91.8 Å². The summed E-state index contributed by atoms with van der Waals surface area (Å²) in [5.74, 6) is -2.03. The van der Waals surface area contributed by atoms with Crippen molar-refractivity contribution in [2.75, 3.05) is 73.2 Å². The van der Waals surface area contributed by atoms with Gasteiger partial charge in [-0.25, -0.2) is 9.59 Å². The molecule has 0 heterocycles. The molecule has 2 atom stereocenters. The third-order valence-electron chi connectivity index (χ3n) is 7.87. The van der Waals surface area contributed by atoms with Crippen molar-refractivity contribution in [2.45, 2.75) is 117 Å². The van der Waals surface area contributed by atoms with Crippen molar-refractivity contribution >= 4 is 29.8 Å². The first kappa shape index (κ1) is 54.5. The van der Waals surface area contributed by atoms with Gasteiger partial charge in [0.25, 0.3) is 0 Å². The Labute approximate surface area is 359 Å². The van der Waals surface area contributed by atoms with Crippen LogP contribution in [0.1, 0.15) is 98.5 Å². The highest BCUT2D eigenvalue weighted by Crippen LogP contribution is 2.21. The molecule has 20 heteroatoms. The number of azide groups is 1. The molecule has 346 valence electrons. The van der Waals surface area contributed by atoms with Crippen LogP contribution in [0, 0.1) is 5.92 Å². The fourth-order valence-electron chi connectivity index (χ4n) is 5.10. The second-order valence-corrected chi connectivity index (χ2v) is 15.6. The van der Waals surface area contributed by atoms with E-state index < -0.39 is 47.2 Å². The number of carbonyl (C=O) groups excluding carboxylic acids is 5. The zero-order chi connectivity index (χ0) is 45.2. The SMILES string of the molecule is CC(C)(C)OC(=O)NCCCC[C@H](NC(=O)CCOCCOCOCOCOCOCCN=[N+]=[N-])C(=O)C[C@@H](CCCCNC(=O)OCc1ccccc1)C(=O)OC(C)(C)C. The van der Waals surface area contributed by atoms with Crippen molar-refractivity contribution in [1.29, 1.82) is 0 Å². The summed E-state index contributed by atoms with van der Waals surface area (Å²) in [5, 5.41) is 11.5. The molecule has 0 spiro atoms. The maximum absolute atomic E-state index is 13.8. The van der Waals surface area contributed by atoms with E-state index in [9.17, 15) is 24.0 Å². The highest BCUT2D eigenvalue weighted by molar-refractivity contribution is 5.91. The normalized spacial score (nSPS) is 12.4. The van der Waals surface area contributed by atoms with E-state index in [0.29, 0.717) is 45.2 Å². The lowest BCUT2D eigenvalue weighted by Gasteiger charge is -2.25. The summed E-state index contributed by atoms with van der Waals surface area (Å²) < 4.78 is 47.4. The Morgan fingerprint density at radius 2 is 1.26 bits per heavy atom. The lowest BCUT2D eigenvalue weighted by atomic mass is 9.91. The Balaban J connectivity index is 2.62. The molecule has 3 amide bonds. The number of nitrogens with zero attached hydrogens (tertiary/aromatic N) is 3. The second kappa shape index (κ2) is 33.1. The highest BCUT2D eigenvalue weighted by atomic mass is 16.8. The monoisotopic (exact) mass is 868 g/mol. The Kier molecular flexibility index (Phi) is 29.6. The van der Waals surface area contributed by atoms with E-state index in [0.717, 1.165) is 5.56 Å². The number of carbonyl (C=O) groups is 5. The standard InChI is InChI=1S/C41H68N6O14/c1-40(2,3)60-37(50)33(16-10-12-19-43-38(51)59-27-32-14-8-7-9-15-32)26-35(48)34(17-11-13-20-44-39(52)61-41(4,5)6)46-36(49)18-22-53-24-25-55-29-57-31-58-30-56-28-54-23-21-45-47-42/h7-9,14-15,33-34H,10-13,16-31H2,1-6H3,(H,43,51)(H,44,52)(H,46,49)/t33-,34+/m1/s1. The van der Waals surface area contributed by atoms with E-state index in [1.807, 2.05) is 30.3 Å². The molecular weight excluding hydrogens is 800 g/mol. The number of hydrogen-bond donors (Lipinski definition) is 3. The number of alkyl carbamates (subject to hydrolysis) is 2. The van der Waals surface area contributed by atoms with Gasteiger partial charge in [-0.2, -0.15) is 0 Å². The molecule has 0 aliphatic rings. The van der Waals surface area contributed by atoms with Crippen molar-refractivity contribution in [3.8, 4) is 0 Å². The summed E-state index contributed by atoms with van der Waals surface area (Å²) in [5.41, 5.74) is 7.62. The van der Waals surface area contributed by atoms with E-state index in [4.69, 9.17) is 48.2 Å². The zero-order valence-corrected chi connectivity index (χ0v) is 36.7. The minimum Gasteiger partial charge on any atom is -0.460 e. The van der Waals surface area contributed by atoms with Crippen LogP contribution < -0.4 is 16.0 Å². The van der Waals surface area contributed by atoms with E-state index >= 15 is 0 Å². The van der Waals surface area contributed by atoms with Crippen molar-refractivity contribution < 1.29 is 66.6 Å². The van der Waals surface area contributed by atoms with Crippen molar-refractivity contribution in [2.24, 2.45) is 11.0 Å². The van der Waals surface area contributed by atoms with Crippen LogP contribution in [0.3, 0.4) is 0 Å². The van der Waals surface area contributed by atoms with Gasteiger partial charge in [0.1, 0.15) is 31.4 Å². The number of unbranched alkanes of at least 4 members (excludes halogenated alkanes) is 2. The zero-order valence-electron chi connectivity index (χ0n) is 36.7. The molecule has 1 aromatic rings. The number of benzene rings is 1. The number of esters is 1. The molecule has 0 aromatic heterocycles. The third kappa shape index (κ3) is 32.8. The molecule has 0 unspecified atom stereocenters. The Morgan fingerprint density at radius 3 is 1.89 bits per heavy atom. The van der Waals surface area contributed by atoms with Crippen LogP contribution in [0.25, 0.3) is 10.4 Å².